The number of carbonyl (C=O) groups excluding carboxylic acids is 1. The van der Waals surface area contributed by atoms with Crippen molar-refractivity contribution in [3.05, 3.63) is 35.4 Å². The lowest BCUT2D eigenvalue weighted by Crippen LogP contribution is -2.33. The standard InChI is InChI=1S/C18H26N2O3S/c1-15-8-12-24(22,23)13-11-20(15)14-16-4-6-17(7-5-16)18(21)19-9-2-3-10-19/h4-7,15H,2-3,8-14H2,1H3. The molecule has 0 N–H and O–H groups in total. The van der Waals surface area contributed by atoms with Crippen LogP contribution < -0.4 is 0 Å². The van der Waals surface area contributed by atoms with Gasteiger partial charge in [-0.1, -0.05) is 12.1 Å². The molecule has 6 heteroatoms. The monoisotopic (exact) mass is 350 g/mol. The predicted octanol–water partition coefficient (Wildman–Crippen LogP) is 1.93. The maximum atomic E-state index is 12.4. The van der Waals surface area contributed by atoms with Crippen LogP contribution in [0.15, 0.2) is 24.3 Å². The van der Waals surface area contributed by atoms with Gasteiger partial charge in [0.1, 0.15) is 0 Å². The van der Waals surface area contributed by atoms with Crippen LogP contribution in [0.25, 0.3) is 0 Å². The largest absolute Gasteiger partial charge is 0.339 e. The summed E-state index contributed by atoms with van der Waals surface area (Å²) in [7, 11) is -2.90. The molecule has 24 heavy (non-hydrogen) atoms. The summed E-state index contributed by atoms with van der Waals surface area (Å²) in [6.45, 7) is 5.12. The van der Waals surface area contributed by atoms with E-state index >= 15 is 0 Å². The number of likely N-dealkylation sites (tertiary alicyclic amines) is 1. The van der Waals surface area contributed by atoms with Crippen molar-refractivity contribution in [3.8, 4) is 0 Å². The van der Waals surface area contributed by atoms with Crippen LogP contribution in [0.3, 0.4) is 0 Å². The molecule has 2 heterocycles. The summed E-state index contributed by atoms with van der Waals surface area (Å²) in [5, 5.41) is 0. The molecule has 132 valence electrons. The number of rotatable bonds is 3. The van der Waals surface area contributed by atoms with Gasteiger partial charge in [-0.15, -0.1) is 0 Å². The van der Waals surface area contributed by atoms with Crippen LogP contribution in [0.4, 0.5) is 0 Å². The zero-order chi connectivity index (χ0) is 17.2. The first-order valence-corrected chi connectivity index (χ1v) is 10.6. The molecule has 3 rings (SSSR count). The van der Waals surface area contributed by atoms with Gasteiger partial charge in [-0.3, -0.25) is 9.69 Å². The van der Waals surface area contributed by atoms with Crippen LogP contribution in [-0.2, 0) is 16.4 Å². The van der Waals surface area contributed by atoms with E-state index in [9.17, 15) is 13.2 Å². The van der Waals surface area contributed by atoms with Crippen molar-refractivity contribution < 1.29 is 13.2 Å². The molecule has 1 unspecified atom stereocenters. The molecule has 0 radical (unpaired) electrons. The van der Waals surface area contributed by atoms with E-state index in [1.807, 2.05) is 29.2 Å². The predicted molar refractivity (Wildman–Crippen MR) is 94.7 cm³/mol. The molecule has 0 bridgehead atoms. The Hall–Kier alpha value is -1.40. The van der Waals surface area contributed by atoms with E-state index in [1.54, 1.807) is 0 Å². The summed E-state index contributed by atoms with van der Waals surface area (Å²) < 4.78 is 23.6. The van der Waals surface area contributed by atoms with Crippen LogP contribution >= 0.6 is 0 Å². The average molecular weight is 350 g/mol. The van der Waals surface area contributed by atoms with Gasteiger partial charge in [-0.05, 0) is 43.9 Å². The van der Waals surface area contributed by atoms with E-state index in [1.165, 1.54) is 0 Å². The normalized spacial score (nSPS) is 24.7. The lowest BCUT2D eigenvalue weighted by Gasteiger charge is -2.26. The minimum atomic E-state index is -2.90. The Morgan fingerprint density at radius 2 is 1.75 bits per heavy atom. The van der Waals surface area contributed by atoms with Crippen molar-refractivity contribution in [1.29, 1.82) is 0 Å². The highest BCUT2D eigenvalue weighted by atomic mass is 32.2. The Labute approximate surface area is 144 Å². The number of sulfone groups is 1. The Kier molecular flexibility index (Phi) is 5.25. The van der Waals surface area contributed by atoms with Gasteiger partial charge in [0.15, 0.2) is 9.84 Å². The second-order valence-electron chi connectivity index (χ2n) is 6.96. The van der Waals surface area contributed by atoms with Crippen LogP contribution in [0.1, 0.15) is 42.1 Å². The second-order valence-corrected chi connectivity index (χ2v) is 9.26. The molecule has 0 spiro atoms. The number of carbonyl (C=O) groups is 1. The summed E-state index contributed by atoms with van der Waals surface area (Å²) in [5.41, 5.74) is 1.87. The SMILES string of the molecule is CC1CCS(=O)(=O)CCN1Cc1ccc(C(=O)N2CCCC2)cc1. The van der Waals surface area contributed by atoms with Crippen molar-refractivity contribution >= 4 is 15.7 Å². The first-order chi connectivity index (χ1) is 11.4. The van der Waals surface area contributed by atoms with Gasteiger partial charge in [0.2, 0.25) is 0 Å². The molecule has 0 saturated carbocycles. The van der Waals surface area contributed by atoms with E-state index in [0.29, 0.717) is 13.0 Å². The van der Waals surface area contributed by atoms with Crippen molar-refractivity contribution in [2.75, 3.05) is 31.1 Å². The van der Waals surface area contributed by atoms with Gasteiger partial charge in [0, 0.05) is 37.8 Å². The molecule has 1 amide bonds. The summed E-state index contributed by atoms with van der Waals surface area (Å²) in [6, 6.07) is 8.04. The molecular weight excluding hydrogens is 324 g/mol. The van der Waals surface area contributed by atoms with Gasteiger partial charge in [0.25, 0.3) is 5.91 Å². The highest BCUT2D eigenvalue weighted by Gasteiger charge is 2.24. The van der Waals surface area contributed by atoms with Crippen molar-refractivity contribution in [2.24, 2.45) is 0 Å². The minimum Gasteiger partial charge on any atom is -0.339 e. The third kappa shape index (κ3) is 4.16. The molecular formula is C18H26N2O3S. The third-order valence-corrected chi connectivity index (χ3v) is 6.80. The van der Waals surface area contributed by atoms with Gasteiger partial charge in [-0.2, -0.15) is 0 Å². The number of hydrogen-bond donors (Lipinski definition) is 0. The molecule has 2 aliphatic heterocycles. The van der Waals surface area contributed by atoms with Crippen LogP contribution in [-0.4, -0.2) is 61.3 Å². The van der Waals surface area contributed by atoms with Gasteiger partial charge in [-0.25, -0.2) is 8.42 Å². The number of amides is 1. The number of nitrogens with zero attached hydrogens (tertiary/aromatic N) is 2. The second kappa shape index (κ2) is 7.23. The van der Waals surface area contributed by atoms with Gasteiger partial charge >= 0.3 is 0 Å². The van der Waals surface area contributed by atoms with Crippen molar-refractivity contribution in [3.63, 3.8) is 0 Å². The molecule has 0 aromatic heterocycles. The topological polar surface area (TPSA) is 57.7 Å². The van der Waals surface area contributed by atoms with Crippen LogP contribution in [0, 0.1) is 0 Å². The van der Waals surface area contributed by atoms with Gasteiger partial charge < -0.3 is 4.90 Å². The third-order valence-electron chi connectivity index (χ3n) is 5.14. The minimum absolute atomic E-state index is 0.119. The Balaban J connectivity index is 1.64. The van der Waals surface area contributed by atoms with Crippen molar-refractivity contribution in [1.82, 2.24) is 9.80 Å². The Morgan fingerprint density at radius 1 is 1.08 bits per heavy atom. The van der Waals surface area contributed by atoms with E-state index < -0.39 is 9.84 Å². The molecule has 2 aliphatic rings. The fourth-order valence-corrected chi connectivity index (χ4v) is 4.85. The van der Waals surface area contributed by atoms with Crippen LogP contribution in [0.5, 0.6) is 0 Å². The van der Waals surface area contributed by atoms with Crippen LogP contribution in [0.2, 0.25) is 0 Å². The molecule has 0 aliphatic carbocycles. The maximum Gasteiger partial charge on any atom is 0.253 e. The molecule has 2 fully saturated rings. The highest BCUT2D eigenvalue weighted by Crippen LogP contribution is 2.18. The first-order valence-electron chi connectivity index (χ1n) is 8.77. The van der Waals surface area contributed by atoms with E-state index in [-0.39, 0.29) is 23.5 Å². The highest BCUT2D eigenvalue weighted by molar-refractivity contribution is 7.91. The number of hydrogen-bond acceptors (Lipinski definition) is 4. The summed E-state index contributed by atoms with van der Waals surface area (Å²) in [4.78, 5) is 16.5. The maximum absolute atomic E-state index is 12.4. The quantitative estimate of drug-likeness (QED) is 0.836. The van der Waals surface area contributed by atoms with E-state index in [4.69, 9.17) is 0 Å². The van der Waals surface area contributed by atoms with E-state index in [2.05, 4.69) is 11.8 Å². The number of benzene rings is 1. The zero-order valence-electron chi connectivity index (χ0n) is 14.3. The lowest BCUT2D eigenvalue weighted by atomic mass is 10.1. The first kappa shape index (κ1) is 17.4. The molecule has 1 atom stereocenters. The molecule has 1 aromatic carbocycles. The summed E-state index contributed by atoms with van der Waals surface area (Å²) in [6.07, 6.45) is 2.88. The van der Waals surface area contributed by atoms with E-state index in [0.717, 1.165) is 43.6 Å². The Morgan fingerprint density at radius 3 is 2.42 bits per heavy atom. The molecule has 1 aromatic rings. The average Bonchev–Trinajstić information content (AvgIpc) is 3.07. The molecule has 2 saturated heterocycles. The summed E-state index contributed by atoms with van der Waals surface area (Å²) >= 11 is 0. The molecule has 5 nitrogen and oxygen atoms in total. The smallest absolute Gasteiger partial charge is 0.253 e. The lowest BCUT2D eigenvalue weighted by molar-refractivity contribution is 0.0793. The fourth-order valence-electron chi connectivity index (χ4n) is 3.44. The van der Waals surface area contributed by atoms with Crippen molar-refractivity contribution in [2.45, 2.75) is 38.8 Å². The fraction of sp³-hybridized carbons (Fsp3) is 0.611. The zero-order valence-corrected chi connectivity index (χ0v) is 15.1. The van der Waals surface area contributed by atoms with Gasteiger partial charge in [0.05, 0.1) is 11.5 Å². The summed E-state index contributed by atoms with van der Waals surface area (Å²) in [5.74, 6) is 0.643. The Bertz CT molecular complexity index is 679.